The van der Waals surface area contributed by atoms with E-state index in [1.54, 1.807) is 10.9 Å². The summed E-state index contributed by atoms with van der Waals surface area (Å²) in [5.74, 6) is 0.864. The van der Waals surface area contributed by atoms with Crippen LogP contribution in [0.4, 0.5) is 5.95 Å². The van der Waals surface area contributed by atoms with E-state index in [1.165, 1.54) is 11.8 Å². The minimum absolute atomic E-state index is 0.0696. The van der Waals surface area contributed by atoms with Crippen LogP contribution in [0.3, 0.4) is 0 Å². The zero-order valence-electron chi connectivity index (χ0n) is 15.9. The molecule has 0 aliphatic rings. The zero-order valence-corrected chi connectivity index (χ0v) is 17.6. The molecule has 3 rings (SSSR count). The Morgan fingerprint density at radius 2 is 2.10 bits per heavy atom. The normalized spacial score (nSPS) is 12.0. The molecule has 12 heteroatoms. The van der Waals surface area contributed by atoms with E-state index in [4.69, 9.17) is 25.0 Å². The van der Waals surface area contributed by atoms with Crippen LogP contribution in [-0.4, -0.2) is 48.4 Å². The Morgan fingerprint density at radius 3 is 2.83 bits per heavy atom. The highest BCUT2D eigenvalue weighted by Crippen LogP contribution is 2.34. The Bertz CT molecular complexity index is 1040. The molecule has 29 heavy (non-hydrogen) atoms. The zero-order chi connectivity index (χ0) is 21.0. The van der Waals surface area contributed by atoms with Gasteiger partial charge in [-0.1, -0.05) is 17.8 Å². The minimum atomic E-state index is -4.19. The number of ether oxygens (including phenoxy) is 2. The van der Waals surface area contributed by atoms with Crippen LogP contribution in [-0.2, 0) is 15.8 Å². The molecule has 0 aliphatic heterocycles. The molecule has 4 N–H and O–H groups in total. The van der Waals surface area contributed by atoms with Crippen LogP contribution in [0.5, 0.6) is 5.75 Å². The number of fused-ring (bicyclic) bond motifs is 1. The first-order valence-electron chi connectivity index (χ1n) is 8.76. The third kappa shape index (κ3) is 6.15. The number of nitrogen functional groups attached to an aromatic ring is 1. The second kappa shape index (κ2) is 9.10. The third-order valence-electron chi connectivity index (χ3n) is 3.58. The number of anilines is 1. The van der Waals surface area contributed by atoms with E-state index in [1.807, 2.05) is 38.1 Å². The Balaban J connectivity index is 1.79. The van der Waals surface area contributed by atoms with E-state index in [0.717, 1.165) is 10.6 Å². The van der Waals surface area contributed by atoms with Crippen molar-refractivity contribution < 1.29 is 23.8 Å². The molecule has 0 saturated heterocycles. The van der Waals surface area contributed by atoms with Crippen LogP contribution in [0.2, 0.25) is 0 Å². The van der Waals surface area contributed by atoms with Gasteiger partial charge < -0.3 is 29.6 Å². The second-order valence-electron chi connectivity index (χ2n) is 6.44. The average Bonchev–Trinajstić information content (AvgIpc) is 3.00. The molecule has 0 bridgehead atoms. The summed E-state index contributed by atoms with van der Waals surface area (Å²) in [5, 5.41) is 0.601. The molecule has 0 radical (unpaired) electrons. The first kappa shape index (κ1) is 21.5. The van der Waals surface area contributed by atoms with Gasteiger partial charge in [-0.2, -0.15) is 4.98 Å². The molecule has 0 atom stereocenters. The van der Waals surface area contributed by atoms with Crippen molar-refractivity contribution in [2.45, 2.75) is 36.4 Å². The van der Waals surface area contributed by atoms with Gasteiger partial charge in [0.15, 0.2) is 5.65 Å². The number of hydrogen-bond acceptors (Lipinski definition) is 8. The largest absolute Gasteiger partial charge is 0.491 e. The van der Waals surface area contributed by atoms with Gasteiger partial charge in [0, 0.05) is 11.4 Å². The Kier molecular flexibility index (Phi) is 6.76. The molecule has 0 aliphatic carbocycles. The fourth-order valence-corrected chi connectivity index (χ4v) is 3.80. The van der Waals surface area contributed by atoms with E-state index in [0.29, 0.717) is 22.7 Å². The SMILES string of the molecule is CC(C)Oc1cccc(Sc2nc(N)nc3c2ncn3CCOCP(=O)(O)O)c1. The van der Waals surface area contributed by atoms with Crippen molar-refractivity contribution in [1.29, 1.82) is 0 Å². The van der Waals surface area contributed by atoms with Crippen molar-refractivity contribution in [3.05, 3.63) is 30.6 Å². The molecule has 0 spiro atoms. The van der Waals surface area contributed by atoms with E-state index >= 15 is 0 Å². The van der Waals surface area contributed by atoms with Crippen molar-refractivity contribution in [2.24, 2.45) is 0 Å². The van der Waals surface area contributed by atoms with Gasteiger partial charge in [-0.15, -0.1) is 0 Å². The van der Waals surface area contributed by atoms with Crippen molar-refractivity contribution in [2.75, 3.05) is 18.7 Å². The van der Waals surface area contributed by atoms with E-state index in [9.17, 15) is 4.57 Å². The molecule has 0 fully saturated rings. The predicted molar refractivity (Wildman–Crippen MR) is 109 cm³/mol. The molecule has 3 aromatic rings. The summed E-state index contributed by atoms with van der Waals surface area (Å²) in [6.45, 7) is 4.34. The lowest BCUT2D eigenvalue weighted by atomic mass is 10.3. The van der Waals surface area contributed by atoms with Gasteiger partial charge in [-0.05, 0) is 32.0 Å². The molecule has 0 saturated carbocycles. The molecular formula is C17H22N5O5PS. The van der Waals surface area contributed by atoms with E-state index in [2.05, 4.69) is 15.0 Å². The predicted octanol–water partition coefficient (Wildman–Crippen LogP) is 2.50. The fraction of sp³-hybridized carbons (Fsp3) is 0.353. The molecule has 0 amide bonds. The summed E-state index contributed by atoms with van der Waals surface area (Å²) in [7, 11) is -4.19. The molecule has 0 unspecified atom stereocenters. The van der Waals surface area contributed by atoms with Crippen molar-refractivity contribution in [1.82, 2.24) is 19.5 Å². The third-order valence-corrected chi connectivity index (χ3v) is 5.06. The standard InChI is InChI=1S/C17H22N5O5PS/c1-11(2)27-12-4-3-5-13(8-12)29-16-14-15(20-17(18)21-16)22(9-19-14)6-7-26-10-28(23,24)25/h3-5,8-9,11H,6-7,10H2,1-2H3,(H2,18,20,21)(H2,23,24,25). The maximum absolute atomic E-state index is 10.9. The van der Waals surface area contributed by atoms with Crippen LogP contribution >= 0.6 is 19.4 Å². The summed E-state index contributed by atoms with van der Waals surface area (Å²) in [4.78, 5) is 31.5. The first-order valence-corrected chi connectivity index (χ1v) is 11.4. The quantitative estimate of drug-likeness (QED) is 0.258. The lowest BCUT2D eigenvalue weighted by Crippen LogP contribution is -2.08. The summed E-state index contributed by atoms with van der Waals surface area (Å²) in [6.07, 6.45) is 1.01. The molecule has 1 aromatic carbocycles. The molecule has 2 heterocycles. The van der Waals surface area contributed by atoms with Gasteiger partial charge in [0.05, 0.1) is 19.0 Å². The molecular weight excluding hydrogens is 417 g/mol. The molecule has 2 aromatic heterocycles. The van der Waals surface area contributed by atoms with Gasteiger partial charge in [0.1, 0.15) is 22.6 Å². The van der Waals surface area contributed by atoms with Crippen molar-refractivity contribution >= 4 is 36.5 Å². The maximum Gasteiger partial charge on any atom is 0.350 e. The van der Waals surface area contributed by atoms with Crippen molar-refractivity contribution in [3.63, 3.8) is 0 Å². The number of rotatable bonds is 9. The Labute approximate surface area is 171 Å². The van der Waals surface area contributed by atoms with Gasteiger partial charge in [-0.25, -0.2) is 9.97 Å². The van der Waals surface area contributed by atoms with Crippen LogP contribution < -0.4 is 10.5 Å². The topological polar surface area (TPSA) is 146 Å². The smallest absolute Gasteiger partial charge is 0.350 e. The number of hydrogen-bond donors (Lipinski definition) is 3. The highest BCUT2D eigenvalue weighted by molar-refractivity contribution is 7.99. The number of aromatic nitrogens is 4. The van der Waals surface area contributed by atoms with E-state index < -0.39 is 13.9 Å². The molecule has 156 valence electrons. The Hall–Kier alpha value is -2.17. The number of nitrogens with two attached hydrogens (primary N) is 1. The maximum atomic E-state index is 10.9. The second-order valence-corrected chi connectivity index (χ2v) is 9.09. The van der Waals surface area contributed by atoms with Crippen LogP contribution in [0.1, 0.15) is 13.8 Å². The number of imidazole rings is 1. The van der Waals surface area contributed by atoms with Gasteiger partial charge in [0.25, 0.3) is 0 Å². The molecule has 10 nitrogen and oxygen atoms in total. The van der Waals surface area contributed by atoms with Gasteiger partial charge in [0.2, 0.25) is 5.95 Å². The van der Waals surface area contributed by atoms with Crippen LogP contribution in [0, 0.1) is 0 Å². The summed E-state index contributed by atoms with van der Waals surface area (Å²) in [5.41, 5.74) is 6.98. The highest BCUT2D eigenvalue weighted by atomic mass is 32.2. The number of nitrogens with zero attached hydrogens (tertiary/aromatic N) is 4. The van der Waals surface area contributed by atoms with Gasteiger partial charge in [-0.3, -0.25) is 4.57 Å². The minimum Gasteiger partial charge on any atom is -0.491 e. The van der Waals surface area contributed by atoms with Crippen LogP contribution in [0.25, 0.3) is 11.2 Å². The number of benzene rings is 1. The summed E-state index contributed by atoms with van der Waals surface area (Å²) >= 11 is 1.40. The van der Waals surface area contributed by atoms with Crippen LogP contribution in [0.15, 0.2) is 40.5 Å². The first-order chi connectivity index (χ1) is 13.7. The van der Waals surface area contributed by atoms with Crippen molar-refractivity contribution in [3.8, 4) is 5.75 Å². The summed E-state index contributed by atoms with van der Waals surface area (Å²) < 4.78 is 23.3. The summed E-state index contributed by atoms with van der Waals surface area (Å²) in [6, 6.07) is 7.65. The monoisotopic (exact) mass is 439 g/mol. The average molecular weight is 439 g/mol. The van der Waals surface area contributed by atoms with E-state index in [-0.39, 0.29) is 18.7 Å². The highest BCUT2D eigenvalue weighted by Gasteiger charge is 2.15. The lowest BCUT2D eigenvalue weighted by Gasteiger charge is -2.11. The van der Waals surface area contributed by atoms with Gasteiger partial charge >= 0.3 is 7.60 Å². The fourth-order valence-electron chi connectivity index (χ4n) is 2.51. The lowest BCUT2D eigenvalue weighted by molar-refractivity contribution is 0.149. The Morgan fingerprint density at radius 1 is 1.31 bits per heavy atom.